The molecule has 1 saturated heterocycles. The Kier molecular flexibility index (Phi) is 6.10. The highest BCUT2D eigenvalue weighted by molar-refractivity contribution is 7.90. The SMILES string of the molecule is CN1CCC/C1=N\S(=O)(=O)c1cccc(NC(=O)/C=C/c2cccc(C#N)c2)c1. The molecule has 8 heteroatoms. The van der Waals surface area contributed by atoms with Crippen LogP contribution in [0.2, 0.25) is 0 Å². The van der Waals surface area contributed by atoms with E-state index in [1.807, 2.05) is 18.0 Å². The van der Waals surface area contributed by atoms with Crippen LogP contribution in [0.15, 0.2) is 63.9 Å². The first kappa shape index (κ1) is 20.3. The first-order valence-corrected chi connectivity index (χ1v) is 10.5. The molecule has 2 aromatic rings. The quantitative estimate of drug-likeness (QED) is 0.766. The minimum absolute atomic E-state index is 0.0220. The monoisotopic (exact) mass is 408 g/mol. The third-order valence-corrected chi connectivity index (χ3v) is 5.70. The van der Waals surface area contributed by atoms with Gasteiger partial charge in [0, 0.05) is 31.8 Å². The van der Waals surface area contributed by atoms with Gasteiger partial charge in [0.25, 0.3) is 10.0 Å². The Labute approximate surface area is 170 Å². The summed E-state index contributed by atoms with van der Waals surface area (Å²) in [6, 6.07) is 14.9. The number of sulfonamides is 1. The highest BCUT2D eigenvalue weighted by Crippen LogP contribution is 2.20. The van der Waals surface area contributed by atoms with Gasteiger partial charge < -0.3 is 10.2 Å². The van der Waals surface area contributed by atoms with E-state index in [4.69, 9.17) is 5.26 Å². The Morgan fingerprint density at radius 1 is 1.24 bits per heavy atom. The Bertz CT molecular complexity index is 1130. The number of hydrogen-bond acceptors (Lipinski definition) is 4. The van der Waals surface area contributed by atoms with Gasteiger partial charge in [0.15, 0.2) is 0 Å². The maximum Gasteiger partial charge on any atom is 0.284 e. The lowest BCUT2D eigenvalue weighted by molar-refractivity contribution is -0.111. The second-order valence-corrected chi connectivity index (χ2v) is 8.20. The fraction of sp³-hybridized carbons (Fsp3) is 0.190. The van der Waals surface area contributed by atoms with E-state index >= 15 is 0 Å². The molecule has 0 spiro atoms. The Hall–Kier alpha value is -3.44. The van der Waals surface area contributed by atoms with E-state index in [0.717, 1.165) is 13.0 Å². The number of rotatable bonds is 5. The van der Waals surface area contributed by atoms with Crippen molar-refractivity contribution in [3.63, 3.8) is 0 Å². The summed E-state index contributed by atoms with van der Waals surface area (Å²) in [5, 5.41) is 11.6. The first-order chi connectivity index (χ1) is 13.9. The van der Waals surface area contributed by atoms with Crippen LogP contribution in [0.3, 0.4) is 0 Å². The molecule has 1 amide bonds. The predicted molar refractivity (Wildman–Crippen MR) is 112 cm³/mol. The van der Waals surface area contributed by atoms with Gasteiger partial charge in [-0.2, -0.15) is 13.7 Å². The number of likely N-dealkylation sites (tertiary alicyclic amines) is 1. The normalized spacial score (nSPS) is 15.6. The van der Waals surface area contributed by atoms with Gasteiger partial charge in [0.2, 0.25) is 5.91 Å². The summed E-state index contributed by atoms with van der Waals surface area (Å²) in [7, 11) is -2.04. The van der Waals surface area contributed by atoms with E-state index in [9.17, 15) is 13.2 Å². The molecular formula is C21H20N4O3S. The van der Waals surface area contributed by atoms with Gasteiger partial charge in [-0.05, 0) is 48.4 Å². The number of nitriles is 1. The first-order valence-electron chi connectivity index (χ1n) is 9.02. The molecule has 0 radical (unpaired) electrons. The fourth-order valence-corrected chi connectivity index (χ4v) is 4.04. The van der Waals surface area contributed by atoms with Gasteiger partial charge in [-0.25, -0.2) is 0 Å². The van der Waals surface area contributed by atoms with Crippen molar-refractivity contribution in [2.75, 3.05) is 18.9 Å². The van der Waals surface area contributed by atoms with Crippen LogP contribution in [-0.4, -0.2) is 38.7 Å². The molecule has 7 nitrogen and oxygen atoms in total. The van der Waals surface area contributed by atoms with E-state index in [1.165, 1.54) is 18.2 Å². The number of amides is 1. The van der Waals surface area contributed by atoms with Gasteiger partial charge in [-0.3, -0.25) is 4.79 Å². The molecule has 0 aliphatic carbocycles. The lowest BCUT2D eigenvalue weighted by Gasteiger charge is -2.11. The molecule has 1 aliphatic rings. The molecule has 0 aromatic heterocycles. The van der Waals surface area contributed by atoms with E-state index in [-0.39, 0.29) is 4.90 Å². The highest BCUT2D eigenvalue weighted by atomic mass is 32.2. The van der Waals surface area contributed by atoms with Crippen molar-refractivity contribution < 1.29 is 13.2 Å². The Balaban J connectivity index is 1.73. The maximum atomic E-state index is 12.6. The smallest absolute Gasteiger partial charge is 0.284 e. The van der Waals surface area contributed by atoms with Crippen molar-refractivity contribution in [2.24, 2.45) is 4.40 Å². The summed E-state index contributed by atoms with van der Waals surface area (Å²) in [5.41, 5.74) is 1.57. The number of amidine groups is 1. The number of nitrogens with zero attached hydrogens (tertiary/aromatic N) is 3. The van der Waals surface area contributed by atoms with Crippen molar-refractivity contribution >= 4 is 33.5 Å². The van der Waals surface area contributed by atoms with Crippen LogP contribution in [-0.2, 0) is 14.8 Å². The molecule has 1 aliphatic heterocycles. The highest BCUT2D eigenvalue weighted by Gasteiger charge is 2.20. The van der Waals surface area contributed by atoms with Gasteiger partial charge in [-0.1, -0.05) is 18.2 Å². The molecular weight excluding hydrogens is 388 g/mol. The summed E-state index contributed by atoms with van der Waals surface area (Å²) in [6.07, 6.45) is 4.42. The molecule has 1 heterocycles. The van der Waals surface area contributed by atoms with Crippen LogP contribution >= 0.6 is 0 Å². The van der Waals surface area contributed by atoms with Crippen molar-refractivity contribution in [3.05, 3.63) is 65.7 Å². The summed E-state index contributed by atoms with van der Waals surface area (Å²) in [4.78, 5) is 14.0. The van der Waals surface area contributed by atoms with Gasteiger partial charge in [0.05, 0.1) is 16.5 Å². The zero-order chi connectivity index (χ0) is 20.9. The molecule has 0 unspecified atom stereocenters. The van der Waals surface area contributed by atoms with Crippen LogP contribution in [0.4, 0.5) is 5.69 Å². The number of carbonyl (C=O) groups is 1. The zero-order valence-electron chi connectivity index (χ0n) is 15.9. The van der Waals surface area contributed by atoms with E-state index in [0.29, 0.717) is 29.1 Å². The number of benzene rings is 2. The van der Waals surface area contributed by atoms with Gasteiger partial charge in [0.1, 0.15) is 5.84 Å². The third-order valence-electron chi connectivity index (χ3n) is 4.40. The number of carbonyl (C=O) groups excluding carboxylic acids is 1. The third kappa shape index (κ3) is 5.30. The fourth-order valence-electron chi connectivity index (χ4n) is 2.90. The second kappa shape index (κ2) is 8.71. The van der Waals surface area contributed by atoms with Crippen LogP contribution in [0.1, 0.15) is 24.0 Å². The average molecular weight is 408 g/mol. The molecule has 148 valence electrons. The van der Waals surface area contributed by atoms with Gasteiger partial charge in [-0.15, -0.1) is 4.40 Å². The molecule has 0 atom stereocenters. The second-order valence-electron chi connectivity index (χ2n) is 6.60. The van der Waals surface area contributed by atoms with E-state index < -0.39 is 15.9 Å². The summed E-state index contributed by atoms with van der Waals surface area (Å²) in [6.45, 7) is 0.786. The summed E-state index contributed by atoms with van der Waals surface area (Å²) in [5.74, 6) is 0.130. The number of anilines is 1. The summed E-state index contributed by atoms with van der Waals surface area (Å²) < 4.78 is 29.1. The Morgan fingerprint density at radius 2 is 2.03 bits per heavy atom. The van der Waals surface area contributed by atoms with Crippen LogP contribution in [0.5, 0.6) is 0 Å². The standard InChI is InChI=1S/C21H20N4O3S/c1-25-12-4-9-20(25)24-29(27,28)19-8-3-7-18(14-19)23-21(26)11-10-16-5-2-6-17(13-16)15-22/h2-3,5-8,10-11,13-14H,4,9,12H2,1H3,(H,23,26)/b11-10+,24-20+. The molecule has 0 bridgehead atoms. The van der Waals surface area contributed by atoms with Gasteiger partial charge >= 0.3 is 0 Å². The molecule has 0 saturated carbocycles. The minimum Gasteiger partial charge on any atom is -0.362 e. The lowest BCUT2D eigenvalue weighted by atomic mass is 10.1. The van der Waals surface area contributed by atoms with Crippen molar-refractivity contribution in [3.8, 4) is 6.07 Å². The summed E-state index contributed by atoms with van der Waals surface area (Å²) >= 11 is 0. The van der Waals surface area contributed by atoms with Crippen LogP contribution < -0.4 is 5.32 Å². The maximum absolute atomic E-state index is 12.6. The topological polar surface area (TPSA) is 103 Å². The molecule has 1 fully saturated rings. The Morgan fingerprint density at radius 3 is 2.76 bits per heavy atom. The number of hydrogen-bond donors (Lipinski definition) is 1. The van der Waals surface area contributed by atoms with Crippen molar-refractivity contribution in [1.82, 2.24) is 4.90 Å². The largest absolute Gasteiger partial charge is 0.362 e. The van der Waals surface area contributed by atoms with E-state index in [2.05, 4.69) is 9.71 Å². The van der Waals surface area contributed by atoms with Crippen LogP contribution in [0, 0.1) is 11.3 Å². The molecule has 2 aromatic carbocycles. The lowest BCUT2D eigenvalue weighted by Crippen LogP contribution is -2.20. The van der Waals surface area contributed by atoms with E-state index in [1.54, 1.807) is 42.5 Å². The molecule has 29 heavy (non-hydrogen) atoms. The number of nitrogens with one attached hydrogen (secondary N) is 1. The van der Waals surface area contributed by atoms with Crippen LogP contribution in [0.25, 0.3) is 6.08 Å². The minimum atomic E-state index is -3.85. The van der Waals surface area contributed by atoms with Crippen molar-refractivity contribution in [1.29, 1.82) is 5.26 Å². The predicted octanol–water partition coefficient (Wildman–Crippen LogP) is 3.02. The molecule has 3 rings (SSSR count). The van der Waals surface area contributed by atoms with Crippen molar-refractivity contribution in [2.45, 2.75) is 17.7 Å². The zero-order valence-corrected chi connectivity index (χ0v) is 16.7. The molecule has 1 N–H and O–H groups in total. The average Bonchev–Trinajstić information content (AvgIpc) is 3.10.